The van der Waals surface area contributed by atoms with Crippen molar-refractivity contribution < 1.29 is 13.6 Å². The second-order valence-electron chi connectivity index (χ2n) is 7.74. The van der Waals surface area contributed by atoms with Crippen molar-refractivity contribution in [3.63, 3.8) is 0 Å². The molecule has 0 atom stereocenters. The van der Waals surface area contributed by atoms with Crippen molar-refractivity contribution in [1.82, 2.24) is 14.7 Å². The van der Waals surface area contributed by atoms with E-state index in [1.165, 1.54) is 12.1 Å². The molecule has 5 nitrogen and oxygen atoms in total. The van der Waals surface area contributed by atoms with Gasteiger partial charge in [0.25, 0.3) is 5.91 Å². The first-order chi connectivity index (χ1) is 15.2. The van der Waals surface area contributed by atoms with Crippen LogP contribution in [0.25, 0.3) is 5.69 Å². The Morgan fingerprint density at radius 2 is 1.81 bits per heavy atom. The summed E-state index contributed by atoms with van der Waals surface area (Å²) >= 11 is 0. The second kappa shape index (κ2) is 8.22. The van der Waals surface area contributed by atoms with Gasteiger partial charge in [-0.25, -0.2) is 9.07 Å². The van der Waals surface area contributed by atoms with Crippen LogP contribution in [-0.2, 0) is 25.9 Å². The number of hydrogen-bond donors (Lipinski definition) is 0. The summed E-state index contributed by atoms with van der Waals surface area (Å²) in [4.78, 5) is 15.5. The maximum Gasteiger partial charge on any atom is 0.275 e. The van der Waals surface area contributed by atoms with E-state index in [0.29, 0.717) is 18.8 Å². The van der Waals surface area contributed by atoms with Crippen LogP contribution in [0.2, 0.25) is 0 Å². The smallest absolute Gasteiger partial charge is 0.275 e. The van der Waals surface area contributed by atoms with Crippen LogP contribution in [0.5, 0.6) is 0 Å². The minimum Gasteiger partial charge on any atom is -0.467 e. The lowest BCUT2D eigenvalue weighted by molar-refractivity contribution is 0.0710. The van der Waals surface area contributed by atoms with Crippen molar-refractivity contribution >= 4 is 5.91 Å². The number of carbonyl (C=O) groups excluding carboxylic acids is 1. The summed E-state index contributed by atoms with van der Waals surface area (Å²) in [6, 6.07) is 19.8. The standard InChI is InChI=1S/C25H22FN3O2/c26-19-11-13-20(14-12-19)29-23-10-4-9-22(23)24(27-29)25(30)28(17-21-8-5-15-31-21)16-18-6-2-1-3-7-18/h1-3,5-8,11-15H,4,9-10,16-17H2. The summed E-state index contributed by atoms with van der Waals surface area (Å²) in [6.45, 7) is 0.817. The van der Waals surface area contributed by atoms with Gasteiger partial charge in [-0.3, -0.25) is 4.79 Å². The number of aromatic nitrogens is 2. The van der Waals surface area contributed by atoms with Gasteiger partial charge >= 0.3 is 0 Å². The van der Waals surface area contributed by atoms with Gasteiger partial charge in [-0.1, -0.05) is 30.3 Å². The summed E-state index contributed by atoms with van der Waals surface area (Å²) in [6.07, 6.45) is 4.26. The van der Waals surface area contributed by atoms with Crippen molar-refractivity contribution in [3.05, 3.63) is 107 Å². The molecular formula is C25H22FN3O2. The molecule has 4 aromatic rings. The molecule has 0 radical (unpaired) electrons. The van der Waals surface area contributed by atoms with E-state index in [1.54, 1.807) is 28.0 Å². The molecule has 0 saturated carbocycles. The normalized spacial score (nSPS) is 12.7. The molecule has 31 heavy (non-hydrogen) atoms. The highest BCUT2D eigenvalue weighted by atomic mass is 19.1. The van der Waals surface area contributed by atoms with Crippen molar-refractivity contribution in [2.24, 2.45) is 0 Å². The molecule has 0 aliphatic heterocycles. The SMILES string of the molecule is O=C(c1nn(-c2ccc(F)cc2)c2c1CCC2)N(Cc1ccccc1)Cc1ccco1. The lowest BCUT2D eigenvalue weighted by Crippen LogP contribution is -2.31. The fraction of sp³-hybridized carbons (Fsp3) is 0.200. The average molecular weight is 415 g/mol. The van der Waals surface area contributed by atoms with Gasteiger partial charge in [-0.05, 0) is 61.2 Å². The molecule has 2 aromatic carbocycles. The zero-order valence-corrected chi connectivity index (χ0v) is 17.0. The maximum atomic E-state index is 13.7. The Balaban J connectivity index is 1.51. The van der Waals surface area contributed by atoms with E-state index >= 15 is 0 Å². The number of rotatable bonds is 6. The Kier molecular flexibility index (Phi) is 5.12. The van der Waals surface area contributed by atoms with Crippen molar-refractivity contribution in [2.75, 3.05) is 0 Å². The van der Waals surface area contributed by atoms with E-state index < -0.39 is 0 Å². The number of amides is 1. The van der Waals surface area contributed by atoms with Crippen LogP contribution < -0.4 is 0 Å². The second-order valence-corrected chi connectivity index (χ2v) is 7.74. The van der Waals surface area contributed by atoms with E-state index in [1.807, 2.05) is 42.5 Å². The first-order valence-corrected chi connectivity index (χ1v) is 10.4. The number of halogens is 1. The molecular weight excluding hydrogens is 393 g/mol. The van der Waals surface area contributed by atoms with Crippen molar-refractivity contribution in [1.29, 1.82) is 0 Å². The lowest BCUT2D eigenvalue weighted by atomic mass is 10.1. The highest BCUT2D eigenvalue weighted by molar-refractivity contribution is 5.94. The van der Waals surface area contributed by atoms with Gasteiger partial charge in [0, 0.05) is 17.8 Å². The number of hydrogen-bond acceptors (Lipinski definition) is 3. The van der Waals surface area contributed by atoms with Crippen molar-refractivity contribution in [3.8, 4) is 5.69 Å². The molecule has 5 rings (SSSR count). The minimum atomic E-state index is -0.295. The van der Waals surface area contributed by atoms with Gasteiger partial charge in [0.2, 0.25) is 0 Å². The van der Waals surface area contributed by atoms with Gasteiger partial charge < -0.3 is 9.32 Å². The van der Waals surface area contributed by atoms with Crippen LogP contribution in [0.3, 0.4) is 0 Å². The molecule has 0 spiro atoms. The first kappa shape index (κ1) is 19.3. The molecule has 1 aliphatic rings. The molecule has 1 amide bonds. The van der Waals surface area contributed by atoms with E-state index in [4.69, 9.17) is 9.52 Å². The molecule has 0 fully saturated rings. The van der Waals surface area contributed by atoms with Gasteiger partial charge in [-0.2, -0.15) is 5.10 Å². The highest BCUT2D eigenvalue weighted by Crippen LogP contribution is 2.29. The van der Waals surface area contributed by atoms with Crippen LogP contribution in [0.15, 0.2) is 77.4 Å². The molecule has 6 heteroatoms. The number of furan rings is 1. The van der Waals surface area contributed by atoms with Gasteiger partial charge in [0.05, 0.1) is 18.5 Å². The number of nitrogens with zero attached hydrogens (tertiary/aromatic N) is 3. The quantitative estimate of drug-likeness (QED) is 0.448. The summed E-state index contributed by atoms with van der Waals surface area (Å²) in [5.41, 5.74) is 4.30. The fourth-order valence-electron chi connectivity index (χ4n) is 4.15. The average Bonchev–Trinajstić information content (AvgIpc) is 3.53. The van der Waals surface area contributed by atoms with E-state index in [0.717, 1.165) is 47.5 Å². The minimum absolute atomic E-state index is 0.126. The Morgan fingerprint density at radius 1 is 1.00 bits per heavy atom. The summed E-state index contributed by atoms with van der Waals surface area (Å²) < 4.78 is 20.7. The largest absolute Gasteiger partial charge is 0.467 e. The lowest BCUT2D eigenvalue weighted by Gasteiger charge is -2.21. The van der Waals surface area contributed by atoms with Gasteiger partial charge in [-0.15, -0.1) is 0 Å². The molecule has 0 unspecified atom stereocenters. The van der Waals surface area contributed by atoms with E-state index in [9.17, 15) is 9.18 Å². The third kappa shape index (κ3) is 3.89. The number of fused-ring (bicyclic) bond motifs is 1. The Hall–Kier alpha value is -3.67. The predicted octanol–water partition coefficient (Wildman–Crippen LogP) is 4.94. The van der Waals surface area contributed by atoms with Crippen molar-refractivity contribution in [2.45, 2.75) is 32.4 Å². The fourth-order valence-corrected chi connectivity index (χ4v) is 4.15. The number of carbonyl (C=O) groups is 1. The monoisotopic (exact) mass is 415 g/mol. The highest BCUT2D eigenvalue weighted by Gasteiger charge is 2.30. The molecule has 0 N–H and O–H groups in total. The molecule has 2 heterocycles. The number of benzene rings is 2. The molecule has 156 valence electrons. The third-order valence-electron chi connectivity index (χ3n) is 5.63. The van der Waals surface area contributed by atoms with Crippen LogP contribution in [0.4, 0.5) is 4.39 Å². The molecule has 2 aromatic heterocycles. The molecule has 0 saturated heterocycles. The molecule has 1 aliphatic carbocycles. The van der Waals surface area contributed by atoms with E-state index in [2.05, 4.69) is 0 Å². The van der Waals surface area contributed by atoms with Crippen LogP contribution in [0.1, 0.15) is 39.5 Å². The van der Waals surface area contributed by atoms with Gasteiger partial charge in [0.1, 0.15) is 11.6 Å². The molecule has 0 bridgehead atoms. The zero-order chi connectivity index (χ0) is 21.2. The Labute approximate surface area is 179 Å². The summed E-state index contributed by atoms with van der Waals surface area (Å²) in [5, 5.41) is 4.70. The Morgan fingerprint density at radius 3 is 2.55 bits per heavy atom. The topological polar surface area (TPSA) is 51.3 Å². The van der Waals surface area contributed by atoms with Crippen LogP contribution in [0, 0.1) is 5.82 Å². The maximum absolute atomic E-state index is 13.7. The Bertz CT molecular complexity index is 1180. The predicted molar refractivity (Wildman–Crippen MR) is 114 cm³/mol. The summed E-state index contributed by atoms with van der Waals surface area (Å²) in [7, 11) is 0. The van der Waals surface area contributed by atoms with Crippen LogP contribution in [-0.4, -0.2) is 20.6 Å². The summed E-state index contributed by atoms with van der Waals surface area (Å²) in [5.74, 6) is 0.300. The van der Waals surface area contributed by atoms with Gasteiger partial charge in [0.15, 0.2) is 5.69 Å². The van der Waals surface area contributed by atoms with Crippen LogP contribution >= 0.6 is 0 Å². The first-order valence-electron chi connectivity index (χ1n) is 10.4. The zero-order valence-electron chi connectivity index (χ0n) is 17.0. The van der Waals surface area contributed by atoms with E-state index in [-0.39, 0.29) is 11.7 Å². The third-order valence-corrected chi connectivity index (χ3v) is 5.63.